The molecule has 0 aliphatic heterocycles. The molecule has 21 heavy (non-hydrogen) atoms. The van der Waals surface area contributed by atoms with Gasteiger partial charge in [-0.3, -0.25) is 4.79 Å². The lowest BCUT2D eigenvalue weighted by atomic mass is 9.89. The molecule has 0 aliphatic carbocycles. The molecule has 0 fully saturated rings. The number of benzene rings is 2. The molecule has 3 heteroatoms. The SMILES string of the molecule is COc1ccccc1C(CN(C)C)C(=O)c1ccccc1. The maximum absolute atomic E-state index is 12.9. The Kier molecular flexibility index (Phi) is 5.12. The van der Waals surface area contributed by atoms with E-state index in [-0.39, 0.29) is 11.7 Å². The largest absolute Gasteiger partial charge is 0.496 e. The van der Waals surface area contributed by atoms with Gasteiger partial charge in [-0.05, 0) is 20.2 Å². The van der Waals surface area contributed by atoms with Crippen LogP contribution in [0, 0.1) is 0 Å². The molecule has 0 aliphatic rings. The second-order valence-corrected chi connectivity index (χ2v) is 5.29. The minimum Gasteiger partial charge on any atom is -0.496 e. The van der Waals surface area contributed by atoms with E-state index in [1.807, 2.05) is 73.6 Å². The highest BCUT2D eigenvalue weighted by Gasteiger charge is 2.25. The standard InChI is InChI=1S/C18H21NO2/c1-19(2)13-16(15-11-7-8-12-17(15)21-3)18(20)14-9-5-4-6-10-14/h4-12,16H,13H2,1-3H3. The van der Waals surface area contributed by atoms with Gasteiger partial charge in [0.05, 0.1) is 13.0 Å². The van der Waals surface area contributed by atoms with Crippen molar-refractivity contribution in [2.24, 2.45) is 0 Å². The topological polar surface area (TPSA) is 29.5 Å². The Bertz CT molecular complexity index is 593. The van der Waals surface area contributed by atoms with Crippen LogP contribution in [0.3, 0.4) is 0 Å². The zero-order valence-corrected chi connectivity index (χ0v) is 12.7. The summed E-state index contributed by atoms with van der Waals surface area (Å²) in [7, 11) is 5.58. The van der Waals surface area contributed by atoms with Crippen LogP contribution in [0.1, 0.15) is 21.8 Å². The summed E-state index contributed by atoms with van der Waals surface area (Å²) in [4.78, 5) is 14.9. The molecule has 2 aromatic rings. The van der Waals surface area contributed by atoms with Gasteiger partial charge in [-0.25, -0.2) is 0 Å². The first-order valence-corrected chi connectivity index (χ1v) is 7.00. The molecule has 0 saturated carbocycles. The fourth-order valence-corrected chi connectivity index (χ4v) is 2.45. The van der Waals surface area contributed by atoms with Gasteiger partial charge < -0.3 is 9.64 Å². The number of carbonyl (C=O) groups excluding carboxylic acids is 1. The van der Waals surface area contributed by atoms with Crippen LogP contribution in [0.5, 0.6) is 5.75 Å². The molecular formula is C18H21NO2. The van der Waals surface area contributed by atoms with Crippen molar-refractivity contribution in [2.75, 3.05) is 27.7 Å². The molecule has 3 nitrogen and oxygen atoms in total. The number of hydrogen-bond acceptors (Lipinski definition) is 3. The summed E-state index contributed by atoms with van der Waals surface area (Å²) in [5.74, 6) is 0.640. The average Bonchev–Trinajstić information content (AvgIpc) is 2.52. The summed E-state index contributed by atoms with van der Waals surface area (Å²) >= 11 is 0. The first-order valence-electron chi connectivity index (χ1n) is 7.00. The Labute approximate surface area is 126 Å². The van der Waals surface area contributed by atoms with E-state index in [1.165, 1.54) is 0 Å². The van der Waals surface area contributed by atoms with Gasteiger partial charge in [0.15, 0.2) is 5.78 Å². The van der Waals surface area contributed by atoms with Crippen LogP contribution in [-0.2, 0) is 0 Å². The zero-order chi connectivity index (χ0) is 15.2. The van der Waals surface area contributed by atoms with Gasteiger partial charge in [0.2, 0.25) is 0 Å². The van der Waals surface area contributed by atoms with Crippen molar-refractivity contribution in [3.63, 3.8) is 0 Å². The minimum absolute atomic E-state index is 0.119. The van der Waals surface area contributed by atoms with Crippen LogP contribution in [0.4, 0.5) is 0 Å². The van der Waals surface area contributed by atoms with Gasteiger partial charge in [0.25, 0.3) is 0 Å². The van der Waals surface area contributed by atoms with Gasteiger partial charge in [-0.2, -0.15) is 0 Å². The number of ketones is 1. The van der Waals surface area contributed by atoms with E-state index in [2.05, 4.69) is 0 Å². The zero-order valence-electron chi connectivity index (χ0n) is 12.7. The fraction of sp³-hybridized carbons (Fsp3) is 0.278. The van der Waals surface area contributed by atoms with Crippen molar-refractivity contribution in [2.45, 2.75) is 5.92 Å². The molecule has 1 unspecified atom stereocenters. The lowest BCUT2D eigenvalue weighted by Crippen LogP contribution is -2.26. The number of nitrogens with zero attached hydrogens (tertiary/aromatic N) is 1. The second kappa shape index (κ2) is 7.04. The van der Waals surface area contributed by atoms with Crippen LogP contribution >= 0.6 is 0 Å². The number of Topliss-reactive ketones (excluding diaryl/α,β-unsaturated/α-hetero) is 1. The first-order chi connectivity index (χ1) is 10.1. The quantitative estimate of drug-likeness (QED) is 0.762. The predicted molar refractivity (Wildman–Crippen MR) is 85.1 cm³/mol. The van der Waals surface area contributed by atoms with E-state index in [0.29, 0.717) is 6.54 Å². The molecule has 0 heterocycles. The van der Waals surface area contributed by atoms with Crippen molar-refractivity contribution < 1.29 is 9.53 Å². The van der Waals surface area contributed by atoms with Crippen LogP contribution in [0.25, 0.3) is 0 Å². The maximum Gasteiger partial charge on any atom is 0.171 e. The van der Waals surface area contributed by atoms with Crippen molar-refractivity contribution in [3.8, 4) is 5.75 Å². The van der Waals surface area contributed by atoms with Crippen molar-refractivity contribution in [1.29, 1.82) is 0 Å². The third kappa shape index (κ3) is 3.70. The molecule has 0 aromatic heterocycles. The lowest BCUT2D eigenvalue weighted by Gasteiger charge is -2.22. The Morgan fingerprint density at radius 1 is 1.05 bits per heavy atom. The summed E-state index contributed by atoms with van der Waals surface area (Å²) in [5, 5.41) is 0. The van der Waals surface area contributed by atoms with Crippen LogP contribution in [0.2, 0.25) is 0 Å². The summed E-state index contributed by atoms with van der Waals surface area (Å²) in [6.45, 7) is 0.647. The Morgan fingerprint density at radius 3 is 2.29 bits per heavy atom. The van der Waals surface area contributed by atoms with E-state index in [4.69, 9.17) is 4.74 Å². The van der Waals surface area contributed by atoms with Crippen LogP contribution in [0.15, 0.2) is 54.6 Å². The molecule has 110 valence electrons. The number of ether oxygens (including phenoxy) is 1. The van der Waals surface area contributed by atoms with E-state index in [9.17, 15) is 4.79 Å². The highest BCUT2D eigenvalue weighted by atomic mass is 16.5. The van der Waals surface area contributed by atoms with E-state index in [1.54, 1.807) is 7.11 Å². The Balaban J connectivity index is 2.41. The molecule has 0 bridgehead atoms. The van der Waals surface area contributed by atoms with Crippen molar-refractivity contribution in [3.05, 3.63) is 65.7 Å². The van der Waals surface area contributed by atoms with Gasteiger partial charge in [0.1, 0.15) is 5.75 Å². The molecule has 0 spiro atoms. The molecular weight excluding hydrogens is 262 g/mol. The summed E-state index contributed by atoms with van der Waals surface area (Å²) in [6.07, 6.45) is 0. The summed E-state index contributed by atoms with van der Waals surface area (Å²) in [5.41, 5.74) is 1.66. The average molecular weight is 283 g/mol. The highest BCUT2D eigenvalue weighted by molar-refractivity contribution is 6.01. The molecule has 0 amide bonds. The predicted octanol–water partition coefficient (Wildman–Crippen LogP) is 3.22. The number of likely N-dealkylation sites (N-methyl/N-ethyl adjacent to an activating group) is 1. The Hall–Kier alpha value is -2.13. The minimum atomic E-state index is -0.237. The van der Waals surface area contributed by atoms with Crippen LogP contribution in [-0.4, -0.2) is 38.4 Å². The monoisotopic (exact) mass is 283 g/mol. The normalized spacial score (nSPS) is 12.2. The highest BCUT2D eigenvalue weighted by Crippen LogP contribution is 2.29. The van der Waals surface area contributed by atoms with Gasteiger partial charge in [0, 0.05) is 17.7 Å². The van der Waals surface area contributed by atoms with Crippen molar-refractivity contribution >= 4 is 5.78 Å². The molecule has 2 aromatic carbocycles. The lowest BCUT2D eigenvalue weighted by molar-refractivity contribution is 0.0943. The van der Waals surface area contributed by atoms with E-state index < -0.39 is 0 Å². The third-order valence-corrected chi connectivity index (χ3v) is 3.44. The molecule has 1 atom stereocenters. The molecule has 2 rings (SSSR count). The number of carbonyl (C=O) groups is 1. The third-order valence-electron chi connectivity index (χ3n) is 3.44. The number of hydrogen-bond donors (Lipinski definition) is 0. The summed E-state index contributed by atoms with van der Waals surface area (Å²) in [6, 6.07) is 17.1. The second-order valence-electron chi connectivity index (χ2n) is 5.29. The number of rotatable bonds is 6. The van der Waals surface area contributed by atoms with Gasteiger partial charge >= 0.3 is 0 Å². The Morgan fingerprint density at radius 2 is 1.67 bits per heavy atom. The first kappa shape index (κ1) is 15.3. The molecule has 0 radical (unpaired) electrons. The number of methoxy groups -OCH3 is 1. The number of para-hydroxylation sites is 1. The van der Waals surface area contributed by atoms with Crippen LogP contribution < -0.4 is 4.74 Å². The summed E-state index contributed by atoms with van der Waals surface area (Å²) < 4.78 is 5.42. The van der Waals surface area contributed by atoms with Crippen molar-refractivity contribution in [1.82, 2.24) is 4.90 Å². The fourth-order valence-electron chi connectivity index (χ4n) is 2.45. The maximum atomic E-state index is 12.9. The van der Waals surface area contributed by atoms with E-state index >= 15 is 0 Å². The van der Waals surface area contributed by atoms with Gasteiger partial charge in [-0.1, -0.05) is 48.5 Å². The smallest absolute Gasteiger partial charge is 0.171 e. The molecule has 0 N–H and O–H groups in total. The van der Waals surface area contributed by atoms with Gasteiger partial charge in [-0.15, -0.1) is 0 Å². The van der Waals surface area contributed by atoms with E-state index in [0.717, 1.165) is 16.9 Å². The molecule has 0 saturated heterocycles.